The Morgan fingerprint density at radius 2 is 1.64 bits per heavy atom. The van der Waals surface area contributed by atoms with Gasteiger partial charge in [0.05, 0.1) is 4.90 Å². The second-order valence-electron chi connectivity index (χ2n) is 8.75. The number of nitrogens with one attached hydrogen (secondary N) is 1. The Labute approximate surface area is 154 Å². The summed E-state index contributed by atoms with van der Waals surface area (Å²) in [5.41, 5.74) is 1.55. The summed E-state index contributed by atoms with van der Waals surface area (Å²) < 4.78 is 28.2. The van der Waals surface area contributed by atoms with Gasteiger partial charge in [0.15, 0.2) is 0 Å². The second-order valence-corrected chi connectivity index (χ2v) is 10.5. The fourth-order valence-corrected chi connectivity index (χ4v) is 5.15. The quantitative estimate of drug-likeness (QED) is 0.725. The molecule has 0 saturated heterocycles. The molecule has 0 atom stereocenters. The van der Waals surface area contributed by atoms with Crippen molar-refractivity contribution in [3.63, 3.8) is 0 Å². The van der Waals surface area contributed by atoms with Crippen molar-refractivity contribution < 1.29 is 8.42 Å². The lowest BCUT2D eigenvalue weighted by molar-refractivity contribution is 0.142. The largest absolute Gasteiger partial charge is 0.240 e. The van der Waals surface area contributed by atoms with E-state index in [4.69, 9.17) is 0 Å². The highest BCUT2D eigenvalue weighted by Gasteiger charge is 2.33. The molecule has 142 valence electrons. The van der Waals surface area contributed by atoms with Gasteiger partial charge in [-0.15, -0.1) is 0 Å². The summed E-state index contributed by atoms with van der Waals surface area (Å²) >= 11 is 0. The molecule has 0 aliphatic heterocycles. The van der Waals surface area contributed by atoms with Gasteiger partial charge in [0.1, 0.15) is 0 Å². The topological polar surface area (TPSA) is 46.2 Å². The SMILES string of the molecule is CCC(C)(C)C1CCC(NS(=O)(=O)c2ccc(CC(C)C)cc2)CC1. The summed E-state index contributed by atoms with van der Waals surface area (Å²) in [5.74, 6) is 1.27. The van der Waals surface area contributed by atoms with E-state index in [-0.39, 0.29) is 6.04 Å². The Kier molecular flexibility index (Phi) is 6.72. The van der Waals surface area contributed by atoms with Gasteiger partial charge in [-0.3, -0.25) is 0 Å². The Bertz CT molecular complexity index is 639. The highest BCUT2D eigenvalue weighted by Crippen LogP contribution is 2.40. The normalized spacial score (nSPS) is 22.3. The maximum absolute atomic E-state index is 12.7. The number of hydrogen-bond donors (Lipinski definition) is 1. The first kappa shape index (κ1) is 20.4. The van der Waals surface area contributed by atoms with E-state index in [0.29, 0.717) is 22.1 Å². The van der Waals surface area contributed by atoms with E-state index in [1.165, 1.54) is 12.0 Å². The molecule has 0 heterocycles. The molecule has 1 aliphatic carbocycles. The molecule has 1 N–H and O–H groups in total. The summed E-state index contributed by atoms with van der Waals surface area (Å²) in [7, 11) is -3.41. The predicted octanol–water partition coefficient (Wildman–Crippen LogP) is 5.16. The molecule has 2 rings (SSSR count). The molecule has 25 heavy (non-hydrogen) atoms. The molecule has 0 bridgehead atoms. The lowest BCUT2D eigenvalue weighted by Gasteiger charge is -2.39. The Hall–Kier alpha value is -0.870. The molecule has 0 unspecified atom stereocenters. The van der Waals surface area contributed by atoms with Crippen LogP contribution in [0.5, 0.6) is 0 Å². The van der Waals surface area contributed by atoms with Gasteiger partial charge in [-0.2, -0.15) is 0 Å². The lowest BCUT2D eigenvalue weighted by atomic mass is 9.69. The summed E-state index contributed by atoms with van der Waals surface area (Å²) in [6, 6.07) is 7.44. The smallest absolute Gasteiger partial charge is 0.208 e. The monoisotopic (exact) mass is 365 g/mol. The molecule has 0 radical (unpaired) electrons. The van der Waals surface area contributed by atoms with Gasteiger partial charge < -0.3 is 0 Å². The standard InChI is InChI=1S/C21H35NO2S/c1-6-21(4,5)18-9-11-19(12-10-18)22-25(23,24)20-13-7-17(8-14-20)15-16(2)3/h7-8,13-14,16,18-19,22H,6,9-12,15H2,1-5H3. The highest BCUT2D eigenvalue weighted by molar-refractivity contribution is 7.89. The molecule has 0 aromatic heterocycles. The van der Waals surface area contributed by atoms with Crippen molar-refractivity contribution in [2.45, 2.75) is 84.1 Å². The zero-order chi connectivity index (χ0) is 18.7. The van der Waals surface area contributed by atoms with E-state index in [2.05, 4.69) is 39.3 Å². The average Bonchev–Trinajstić information content (AvgIpc) is 2.55. The number of benzene rings is 1. The number of sulfonamides is 1. The summed E-state index contributed by atoms with van der Waals surface area (Å²) in [6.45, 7) is 11.3. The van der Waals surface area contributed by atoms with Crippen molar-refractivity contribution in [2.75, 3.05) is 0 Å². The van der Waals surface area contributed by atoms with Crippen LogP contribution in [0.15, 0.2) is 29.2 Å². The summed E-state index contributed by atoms with van der Waals surface area (Å²) in [5, 5.41) is 0. The van der Waals surface area contributed by atoms with E-state index < -0.39 is 10.0 Å². The minimum Gasteiger partial charge on any atom is -0.208 e. The summed E-state index contributed by atoms with van der Waals surface area (Å²) in [4.78, 5) is 0.385. The van der Waals surface area contributed by atoms with Crippen molar-refractivity contribution in [1.82, 2.24) is 4.72 Å². The molecule has 1 aromatic rings. The molecule has 1 aliphatic rings. The number of rotatable bonds is 7. The van der Waals surface area contributed by atoms with E-state index in [9.17, 15) is 8.42 Å². The Morgan fingerprint density at radius 3 is 2.12 bits per heavy atom. The zero-order valence-corrected chi connectivity index (χ0v) is 17.3. The minimum atomic E-state index is -3.41. The van der Waals surface area contributed by atoms with Gasteiger partial charge in [-0.25, -0.2) is 13.1 Å². The molecule has 3 nitrogen and oxygen atoms in total. The van der Waals surface area contributed by atoms with Crippen LogP contribution in [0, 0.1) is 17.3 Å². The van der Waals surface area contributed by atoms with Crippen LogP contribution in [-0.4, -0.2) is 14.5 Å². The van der Waals surface area contributed by atoms with Crippen LogP contribution in [0.1, 0.15) is 72.3 Å². The van der Waals surface area contributed by atoms with Crippen LogP contribution in [0.2, 0.25) is 0 Å². The van der Waals surface area contributed by atoms with E-state index in [1.54, 1.807) is 12.1 Å². The molecule has 1 aromatic carbocycles. The maximum Gasteiger partial charge on any atom is 0.240 e. The van der Waals surface area contributed by atoms with Crippen LogP contribution >= 0.6 is 0 Å². The lowest BCUT2D eigenvalue weighted by Crippen LogP contribution is -2.39. The molecule has 4 heteroatoms. The zero-order valence-electron chi connectivity index (χ0n) is 16.5. The first-order valence-corrected chi connectivity index (χ1v) is 11.2. The molecule has 1 saturated carbocycles. The number of hydrogen-bond acceptors (Lipinski definition) is 2. The van der Waals surface area contributed by atoms with Gasteiger partial charge in [0.25, 0.3) is 0 Å². The van der Waals surface area contributed by atoms with Gasteiger partial charge in [-0.05, 0) is 67.1 Å². The fraction of sp³-hybridized carbons (Fsp3) is 0.714. The van der Waals surface area contributed by atoms with E-state index in [0.717, 1.165) is 32.1 Å². The van der Waals surface area contributed by atoms with Crippen molar-refractivity contribution in [2.24, 2.45) is 17.3 Å². The van der Waals surface area contributed by atoms with Crippen LogP contribution in [0.3, 0.4) is 0 Å². The molecule has 0 spiro atoms. The van der Waals surface area contributed by atoms with Crippen LogP contribution in [-0.2, 0) is 16.4 Å². The second kappa shape index (κ2) is 8.22. The van der Waals surface area contributed by atoms with Crippen LogP contribution < -0.4 is 4.72 Å². The minimum absolute atomic E-state index is 0.0734. The molecular formula is C21H35NO2S. The van der Waals surface area contributed by atoms with Crippen molar-refractivity contribution in [1.29, 1.82) is 0 Å². The Balaban J connectivity index is 1.96. The van der Waals surface area contributed by atoms with Crippen molar-refractivity contribution in [3.8, 4) is 0 Å². The van der Waals surface area contributed by atoms with Crippen molar-refractivity contribution in [3.05, 3.63) is 29.8 Å². The molecule has 1 fully saturated rings. The maximum atomic E-state index is 12.7. The molecular weight excluding hydrogens is 330 g/mol. The van der Waals surface area contributed by atoms with Gasteiger partial charge in [0, 0.05) is 6.04 Å². The average molecular weight is 366 g/mol. The summed E-state index contributed by atoms with van der Waals surface area (Å²) in [6.07, 6.45) is 6.27. The first-order valence-electron chi connectivity index (χ1n) is 9.75. The van der Waals surface area contributed by atoms with Gasteiger partial charge in [0.2, 0.25) is 10.0 Å². The fourth-order valence-electron chi connectivity index (χ4n) is 3.84. The molecule has 0 amide bonds. The van der Waals surface area contributed by atoms with Gasteiger partial charge >= 0.3 is 0 Å². The van der Waals surface area contributed by atoms with Crippen LogP contribution in [0.25, 0.3) is 0 Å². The highest BCUT2D eigenvalue weighted by atomic mass is 32.2. The van der Waals surface area contributed by atoms with E-state index >= 15 is 0 Å². The third-order valence-electron chi connectivity index (χ3n) is 5.94. The predicted molar refractivity (Wildman–Crippen MR) is 105 cm³/mol. The third-order valence-corrected chi connectivity index (χ3v) is 7.48. The van der Waals surface area contributed by atoms with Gasteiger partial charge in [-0.1, -0.05) is 53.2 Å². The third kappa shape index (κ3) is 5.55. The van der Waals surface area contributed by atoms with E-state index in [1.807, 2.05) is 12.1 Å². The van der Waals surface area contributed by atoms with Crippen molar-refractivity contribution >= 4 is 10.0 Å². The van der Waals surface area contributed by atoms with Crippen LogP contribution in [0.4, 0.5) is 0 Å². The Morgan fingerprint density at radius 1 is 1.08 bits per heavy atom. The first-order chi connectivity index (χ1) is 11.6.